The van der Waals surface area contributed by atoms with Crippen LogP contribution in [-0.4, -0.2) is 18.0 Å². The molecule has 3 nitrogen and oxygen atoms in total. The van der Waals surface area contributed by atoms with E-state index < -0.39 is 0 Å². The number of hydrogen-bond acceptors (Lipinski definition) is 2. The van der Waals surface area contributed by atoms with Gasteiger partial charge in [0.25, 0.3) is 0 Å². The molecule has 0 fully saturated rings. The summed E-state index contributed by atoms with van der Waals surface area (Å²) in [5.41, 5.74) is 7.05. The third kappa shape index (κ3) is 6.21. The lowest BCUT2D eigenvalue weighted by Crippen LogP contribution is -2.45. The molecule has 0 saturated carbocycles. The molecule has 0 aliphatic rings. The van der Waals surface area contributed by atoms with Crippen molar-refractivity contribution >= 4 is 21.8 Å². The predicted octanol–water partition coefficient (Wildman–Crippen LogP) is 3.01. The average molecular weight is 327 g/mol. The van der Waals surface area contributed by atoms with Crippen LogP contribution in [0.2, 0.25) is 0 Å². The van der Waals surface area contributed by atoms with Crippen LogP contribution in [-0.2, 0) is 11.2 Å². The minimum Gasteiger partial charge on any atom is -0.352 e. The lowest BCUT2D eigenvalue weighted by Gasteiger charge is -2.17. The maximum atomic E-state index is 11.9. The van der Waals surface area contributed by atoms with E-state index in [1.54, 1.807) is 0 Å². The Labute approximate surface area is 124 Å². The highest BCUT2D eigenvalue weighted by molar-refractivity contribution is 9.10. The normalized spacial score (nSPS) is 13.9. The third-order valence-corrected chi connectivity index (χ3v) is 3.58. The average Bonchev–Trinajstić information content (AvgIpc) is 2.38. The first kappa shape index (κ1) is 16.2. The Balaban J connectivity index is 2.39. The molecule has 2 atom stereocenters. The van der Waals surface area contributed by atoms with Crippen molar-refractivity contribution in [2.45, 2.75) is 51.6 Å². The van der Waals surface area contributed by atoms with Gasteiger partial charge in [-0.05, 0) is 37.5 Å². The highest BCUT2D eigenvalue weighted by Crippen LogP contribution is 2.12. The van der Waals surface area contributed by atoms with Crippen molar-refractivity contribution in [3.63, 3.8) is 0 Å². The quantitative estimate of drug-likeness (QED) is 0.809. The molecule has 0 bridgehead atoms. The number of carbonyl (C=O) groups excluding carboxylic acids is 1. The molecule has 0 aliphatic carbocycles. The maximum absolute atomic E-state index is 11.9. The van der Waals surface area contributed by atoms with Gasteiger partial charge in [0.1, 0.15) is 0 Å². The van der Waals surface area contributed by atoms with Gasteiger partial charge in [-0.2, -0.15) is 0 Å². The molecular formula is C15H23BrN2O. The van der Waals surface area contributed by atoms with Gasteiger partial charge in [-0.25, -0.2) is 0 Å². The van der Waals surface area contributed by atoms with Crippen LogP contribution in [0.5, 0.6) is 0 Å². The zero-order valence-corrected chi connectivity index (χ0v) is 13.2. The van der Waals surface area contributed by atoms with E-state index in [-0.39, 0.29) is 18.0 Å². The van der Waals surface area contributed by atoms with E-state index in [0.29, 0.717) is 0 Å². The van der Waals surface area contributed by atoms with Crippen LogP contribution in [0.3, 0.4) is 0 Å². The predicted molar refractivity (Wildman–Crippen MR) is 83.0 cm³/mol. The molecule has 0 spiro atoms. The minimum absolute atomic E-state index is 0.0435. The second-order valence-electron chi connectivity index (χ2n) is 4.99. The highest BCUT2D eigenvalue weighted by atomic mass is 79.9. The summed E-state index contributed by atoms with van der Waals surface area (Å²) in [5, 5.41) is 2.98. The molecule has 106 valence electrons. The van der Waals surface area contributed by atoms with Gasteiger partial charge in [-0.15, -0.1) is 0 Å². The number of amides is 1. The Morgan fingerprint density at radius 1 is 1.37 bits per heavy atom. The molecule has 1 aromatic rings. The second kappa shape index (κ2) is 8.33. The fraction of sp³-hybridized carbons (Fsp3) is 0.533. The van der Waals surface area contributed by atoms with Crippen molar-refractivity contribution in [1.29, 1.82) is 0 Å². The zero-order valence-electron chi connectivity index (χ0n) is 11.7. The monoisotopic (exact) mass is 326 g/mol. The summed E-state index contributed by atoms with van der Waals surface area (Å²) in [4.78, 5) is 11.9. The van der Waals surface area contributed by atoms with Crippen LogP contribution in [0, 0.1) is 0 Å². The number of nitrogens with one attached hydrogen (secondary N) is 1. The smallest absolute Gasteiger partial charge is 0.237 e. The molecule has 2 unspecified atom stereocenters. The largest absolute Gasteiger partial charge is 0.352 e. The SMILES string of the molecule is CCCCC(N)C(=O)NC(C)Cc1ccc(Br)cc1. The lowest BCUT2D eigenvalue weighted by atomic mass is 10.1. The van der Waals surface area contributed by atoms with Crippen molar-refractivity contribution in [3.8, 4) is 0 Å². The van der Waals surface area contributed by atoms with Crippen molar-refractivity contribution in [2.75, 3.05) is 0 Å². The van der Waals surface area contributed by atoms with Gasteiger partial charge in [0.15, 0.2) is 0 Å². The summed E-state index contributed by atoms with van der Waals surface area (Å²) >= 11 is 3.41. The number of rotatable bonds is 7. The Bertz CT molecular complexity index is 392. The van der Waals surface area contributed by atoms with Gasteiger partial charge in [-0.3, -0.25) is 4.79 Å². The first-order valence-electron chi connectivity index (χ1n) is 6.83. The Kier molecular flexibility index (Phi) is 7.10. The van der Waals surface area contributed by atoms with E-state index in [0.717, 1.165) is 30.2 Å². The second-order valence-corrected chi connectivity index (χ2v) is 5.90. The van der Waals surface area contributed by atoms with Gasteiger partial charge in [0.2, 0.25) is 5.91 Å². The molecule has 19 heavy (non-hydrogen) atoms. The van der Waals surface area contributed by atoms with Crippen molar-refractivity contribution < 1.29 is 4.79 Å². The van der Waals surface area contributed by atoms with E-state index >= 15 is 0 Å². The zero-order chi connectivity index (χ0) is 14.3. The molecule has 4 heteroatoms. The van der Waals surface area contributed by atoms with Gasteiger partial charge < -0.3 is 11.1 Å². The maximum Gasteiger partial charge on any atom is 0.237 e. The number of hydrogen-bond donors (Lipinski definition) is 2. The number of halogens is 1. The first-order valence-corrected chi connectivity index (χ1v) is 7.62. The molecule has 1 amide bonds. The molecule has 1 aromatic carbocycles. The number of unbranched alkanes of at least 4 members (excludes halogenated alkanes) is 1. The van der Waals surface area contributed by atoms with Crippen molar-refractivity contribution in [3.05, 3.63) is 34.3 Å². The van der Waals surface area contributed by atoms with Gasteiger partial charge in [0.05, 0.1) is 6.04 Å². The lowest BCUT2D eigenvalue weighted by molar-refractivity contribution is -0.123. The summed E-state index contributed by atoms with van der Waals surface area (Å²) in [7, 11) is 0. The van der Waals surface area contributed by atoms with E-state index in [1.165, 1.54) is 5.56 Å². The first-order chi connectivity index (χ1) is 9.02. The van der Waals surface area contributed by atoms with E-state index in [9.17, 15) is 4.79 Å². The number of carbonyl (C=O) groups is 1. The molecule has 3 N–H and O–H groups in total. The van der Waals surface area contributed by atoms with Crippen LogP contribution in [0.25, 0.3) is 0 Å². The summed E-state index contributed by atoms with van der Waals surface area (Å²) < 4.78 is 1.06. The van der Waals surface area contributed by atoms with Crippen LogP contribution < -0.4 is 11.1 Å². The molecule has 0 heterocycles. The van der Waals surface area contributed by atoms with Crippen molar-refractivity contribution in [1.82, 2.24) is 5.32 Å². The Morgan fingerprint density at radius 3 is 2.58 bits per heavy atom. The van der Waals surface area contributed by atoms with Gasteiger partial charge in [-0.1, -0.05) is 47.8 Å². The van der Waals surface area contributed by atoms with Crippen LogP contribution >= 0.6 is 15.9 Å². The fourth-order valence-electron chi connectivity index (χ4n) is 1.93. The molecule has 0 aromatic heterocycles. The number of benzene rings is 1. The minimum atomic E-state index is -0.382. The highest BCUT2D eigenvalue weighted by Gasteiger charge is 2.15. The summed E-state index contributed by atoms with van der Waals surface area (Å²) in [6.45, 7) is 4.10. The van der Waals surface area contributed by atoms with Crippen LogP contribution in [0.15, 0.2) is 28.7 Å². The summed E-state index contributed by atoms with van der Waals surface area (Å²) in [6.07, 6.45) is 3.64. The molecule has 1 rings (SSSR count). The molecular weight excluding hydrogens is 304 g/mol. The van der Waals surface area contributed by atoms with E-state index in [2.05, 4.69) is 40.3 Å². The van der Waals surface area contributed by atoms with Crippen LogP contribution in [0.4, 0.5) is 0 Å². The van der Waals surface area contributed by atoms with Gasteiger partial charge in [0, 0.05) is 10.5 Å². The fourth-order valence-corrected chi connectivity index (χ4v) is 2.19. The standard InChI is InChI=1S/C15H23BrN2O/c1-3-4-5-14(17)15(19)18-11(2)10-12-6-8-13(16)9-7-12/h6-9,11,14H,3-5,10,17H2,1-2H3,(H,18,19). The topological polar surface area (TPSA) is 55.1 Å². The third-order valence-electron chi connectivity index (χ3n) is 3.05. The Hall–Kier alpha value is -0.870. The van der Waals surface area contributed by atoms with Gasteiger partial charge >= 0.3 is 0 Å². The molecule has 0 aliphatic heterocycles. The molecule has 0 radical (unpaired) electrons. The summed E-state index contributed by atoms with van der Waals surface area (Å²) in [6, 6.07) is 7.86. The van der Waals surface area contributed by atoms with E-state index in [1.807, 2.05) is 19.1 Å². The van der Waals surface area contributed by atoms with Crippen LogP contribution in [0.1, 0.15) is 38.7 Å². The van der Waals surface area contributed by atoms with E-state index in [4.69, 9.17) is 5.73 Å². The number of nitrogens with two attached hydrogens (primary N) is 1. The summed E-state index contributed by atoms with van der Waals surface area (Å²) in [5.74, 6) is -0.0435. The molecule has 0 saturated heterocycles. The van der Waals surface area contributed by atoms with Crippen molar-refractivity contribution in [2.24, 2.45) is 5.73 Å². The Morgan fingerprint density at radius 2 is 2.00 bits per heavy atom.